The summed E-state index contributed by atoms with van der Waals surface area (Å²) >= 11 is 2.77. The molecule has 0 spiro atoms. The third-order valence-corrected chi connectivity index (χ3v) is 6.78. The van der Waals surface area contributed by atoms with Gasteiger partial charge in [-0.25, -0.2) is 4.98 Å². The van der Waals surface area contributed by atoms with Crippen molar-refractivity contribution in [2.75, 3.05) is 11.1 Å². The molecule has 27 heavy (non-hydrogen) atoms. The molecule has 0 saturated heterocycles. The van der Waals surface area contributed by atoms with Crippen LogP contribution in [0.15, 0.2) is 11.1 Å². The lowest BCUT2D eigenvalue weighted by Gasteiger charge is -2.17. The molecule has 0 aliphatic heterocycles. The highest BCUT2D eigenvalue weighted by Gasteiger charge is 2.24. The maximum atomic E-state index is 12.5. The number of thioether (sulfide) groups is 1. The minimum absolute atomic E-state index is 0.147. The van der Waals surface area contributed by atoms with Crippen molar-refractivity contribution in [3.05, 3.63) is 38.9 Å². The molecule has 0 unspecified atom stereocenters. The van der Waals surface area contributed by atoms with Crippen LogP contribution in [0.4, 0.5) is 5.00 Å². The Morgan fingerprint density at radius 2 is 2.11 bits per heavy atom. The van der Waals surface area contributed by atoms with Crippen molar-refractivity contribution in [2.24, 2.45) is 5.92 Å². The quantitative estimate of drug-likeness (QED) is 0.776. The first-order valence-electron chi connectivity index (χ1n) is 8.78. The number of aromatic nitrogens is 1. The van der Waals surface area contributed by atoms with E-state index in [0.717, 1.165) is 36.1 Å². The van der Waals surface area contributed by atoms with E-state index in [1.54, 1.807) is 0 Å². The molecule has 0 saturated carbocycles. The van der Waals surface area contributed by atoms with E-state index >= 15 is 0 Å². The zero-order valence-electron chi connectivity index (χ0n) is 15.5. The summed E-state index contributed by atoms with van der Waals surface area (Å²) in [6, 6.07) is 6.29. The van der Waals surface area contributed by atoms with Crippen LogP contribution in [0.2, 0.25) is 0 Å². The van der Waals surface area contributed by atoms with Gasteiger partial charge in [-0.1, -0.05) is 18.7 Å². The van der Waals surface area contributed by atoms with Crippen molar-refractivity contribution in [1.82, 2.24) is 4.98 Å². The number of hydrogen-bond acceptors (Lipinski definition) is 6. The standard InChI is InChI=1S/C20H20N4OS2/c1-11-4-5-14-16(9-22)20(27-17(14)6-11)24-18(25)10-26-19-15(8-21)12(2)7-13(3)23-19/h7,11H,4-6,10H2,1-3H3,(H,24,25)/t11-/m1/s1. The van der Waals surface area contributed by atoms with Crippen LogP contribution in [-0.4, -0.2) is 16.6 Å². The molecule has 2 heterocycles. The van der Waals surface area contributed by atoms with Gasteiger partial charge in [0.15, 0.2) is 0 Å². The topological polar surface area (TPSA) is 89.6 Å². The Labute approximate surface area is 167 Å². The Morgan fingerprint density at radius 3 is 2.81 bits per heavy atom. The smallest absolute Gasteiger partial charge is 0.235 e. The molecular weight excluding hydrogens is 376 g/mol. The van der Waals surface area contributed by atoms with Gasteiger partial charge in [0, 0.05) is 10.6 Å². The maximum absolute atomic E-state index is 12.5. The Hall–Kier alpha value is -2.35. The van der Waals surface area contributed by atoms with Gasteiger partial charge in [-0.2, -0.15) is 10.5 Å². The Morgan fingerprint density at radius 1 is 1.37 bits per heavy atom. The largest absolute Gasteiger partial charge is 0.316 e. The van der Waals surface area contributed by atoms with Crippen LogP contribution >= 0.6 is 23.1 Å². The first-order chi connectivity index (χ1) is 12.9. The number of hydrogen-bond donors (Lipinski definition) is 1. The summed E-state index contributed by atoms with van der Waals surface area (Å²) in [5.74, 6) is 0.573. The molecule has 7 heteroatoms. The van der Waals surface area contributed by atoms with Gasteiger partial charge in [0.25, 0.3) is 0 Å². The molecule has 0 fully saturated rings. The second-order valence-corrected chi connectivity index (χ2v) is 8.95. The molecule has 0 bridgehead atoms. The third kappa shape index (κ3) is 4.16. The van der Waals surface area contributed by atoms with Crippen LogP contribution in [0.5, 0.6) is 0 Å². The van der Waals surface area contributed by atoms with Crippen molar-refractivity contribution in [2.45, 2.75) is 45.1 Å². The highest BCUT2D eigenvalue weighted by Crippen LogP contribution is 2.39. The number of pyridine rings is 1. The van der Waals surface area contributed by atoms with Gasteiger partial charge in [-0.15, -0.1) is 11.3 Å². The number of nitriles is 2. The predicted molar refractivity (Wildman–Crippen MR) is 108 cm³/mol. The molecule has 1 N–H and O–H groups in total. The molecule has 1 aliphatic rings. The van der Waals surface area contributed by atoms with Crippen molar-refractivity contribution in [3.63, 3.8) is 0 Å². The van der Waals surface area contributed by atoms with Crippen LogP contribution in [0.3, 0.4) is 0 Å². The number of aryl methyl sites for hydroxylation is 2. The van der Waals surface area contributed by atoms with Crippen LogP contribution in [0.1, 0.15) is 46.2 Å². The normalized spacial score (nSPS) is 15.5. The summed E-state index contributed by atoms with van der Waals surface area (Å²) in [5, 5.41) is 23.0. The van der Waals surface area contributed by atoms with E-state index in [2.05, 4.69) is 29.4 Å². The summed E-state index contributed by atoms with van der Waals surface area (Å²) in [6.07, 6.45) is 2.95. The highest BCUT2D eigenvalue weighted by atomic mass is 32.2. The number of nitrogens with zero attached hydrogens (tertiary/aromatic N) is 3. The van der Waals surface area contributed by atoms with E-state index in [-0.39, 0.29) is 11.7 Å². The first kappa shape index (κ1) is 19.4. The molecule has 2 aromatic rings. The summed E-state index contributed by atoms with van der Waals surface area (Å²) in [6.45, 7) is 5.95. The Balaban J connectivity index is 1.73. The molecular formula is C20H20N4OS2. The van der Waals surface area contributed by atoms with E-state index < -0.39 is 0 Å². The van der Waals surface area contributed by atoms with E-state index in [9.17, 15) is 15.3 Å². The molecule has 0 radical (unpaired) electrons. The van der Waals surface area contributed by atoms with E-state index in [1.165, 1.54) is 28.0 Å². The Kier molecular flexibility index (Phi) is 5.84. The number of amides is 1. The monoisotopic (exact) mass is 396 g/mol. The zero-order chi connectivity index (χ0) is 19.6. The van der Waals surface area contributed by atoms with Crippen LogP contribution < -0.4 is 5.32 Å². The highest BCUT2D eigenvalue weighted by molar-refractivity contribution is 8.00. The fourth-order valence-corrected chi connectivity index (χ4v) is 5.57. The SMILES string of the molecule is Cc1cc(C)c(C#N)c(SCC(=O)Nc2sc3c(c2C#N)CC[C@@H](C)C3)n1. The van der Waals surface area contributed by atoms with Gasteiger partial charge >= 0.3 is 0 Å². The van der Waals surface area contributed by atoms with Crippen molar-refractivity contribution in [1.29, 1.82) is 10.5 Å². The molecule has 1 amide bonds. The molecule has 0 aromatic carbocycles. The fourth-order valence-electron chi connectivity index (χ4n) is 3.30. The number of rotatable bonds is 4. The van der Waals surface area contributed by atoms with Crippen molar-refractivity contribution < 1.29 is 4.79 Å². The average molecular weight is 397 g/mol. The third-order valence-electron chi connectivity index (χ3n) is 4.64. The number of anilines is 1. The van der Waals surface area contributed by atoms with Gasteiger partial charge in [-0.3, -0.25) is 4.79 Å². The minimum Gasteiger partial charge on any atom is -0.316 e. The van der Waals surface area contributed by atoms with Gasteiger partial charge in [0.2, 0.25) is 5.91 Å². The summed E-state index contributed by atoms with van der Waals surface area (Å²) in [4.78, 5) is 18.1. The molecule has 1 atom stereocenters. The Bertz CT molecular complexity index is 981. The fraction of sp³-hybridized carbons (Fsp3) is 0.400. The number of carbonyl (C=O) groups is 1. The number of thiophene rings is 1. The van der Waals surface area contributed by atoms with E-state index in [4.69, 9.17) is 0 Å². The molecule has 5 nitrogen and oxygen atoms in total. The lowest BCUT2D eigenvalue weighted by atomic mass is 9.89. The lowest BCUT2D eigenvalue weighted by molar-refractivity contribution is -0.113. The summed E-state index contributed by atoms with van der Waals surface area (Å²) in [5.41, 5.74) is 3.91. The van der Waals surface area contributed by atoms with Gasteiger partial charge in [0.1, 0.15) is 22.2 Å². The number of nitrogens with one attached hydrogen (secondary N) is 1. The lowest BCUT2D eigenvalue weighted by Crippen LogP contribution is -2.14. The summed E-state index contributed by atoms with van der Waals surface area (Å²) < 4.78 is 0. The molecule has 2 aromatic heterocycles. The predicted octanol–water partition coefficient (Wildman–Crippen LogP) is 4.36. The van der Waals surface area contributed by atoms with Crippen LogP contribution in [0, 0.1) is 42.4 Å². The summed E-state index contributed by atoms with van der Waals surface area (Å²) in [7, 11) is 0. The number of carbonyl (C=O) groups excluding carboxylic acids is 1. The minimum atomic E-state index is -0.187. The van der Waals surface area contributed by atoms with Gasteiger partial charge < -0.3 is 5.32 Å². The zero-order valence-corrected chi connectivity index (χ0v) is 17.2. The average Bonchev–Trinajstić information content (AvgIpc) is 2.95. The van der Waals surface area contributed by atoms with Gasteiger partial charge in [0.05, 0.1) is 16.9 Å². The second kappa shape index (κ2) is 8.12. The second-order valence-electron chi connectivity index (χ2n) is 6.88. The van der Waals surface area contributed by atoms with E-state index in [0.29, 0.717) is 27.1 Å². The number of fused-ring (bicyclic) bond motifs is 1. The van der Waals surface area contributed by atoms with Crippen LogP contribution in [-0.2, 0) is 17.6 Å². The molecule has 3 rings (SSSR count). The van der Waals surface area contributed by atoms with E-state index in [1.807, 2.05) is 19.9 Å². The molecule has 138 valence electrons. The van der Waals surface area contributed by atoms with Crippen molar-refractivity contribution >= 4 is 34.0 Å². The molecule has 1 aliphatic carbocycles. The van der Waals surface area contributed by atoms with Crippen molar-refractivity contribution in [3.8, 4) is 12.1 Å². The maximum Gasteiger partial charge on any atom is 0.235 e. The van der Waals surface area contributed by atoms with Crippen LogP contribution in [0.25, 0.3) is 0 Å². The first-order valence-corrected chi connectivity index (χ1v) is 10.6. The van der Waals surface area contributed by atoms with Gasteiger partial charge in [-0.05, 0) is 56.2 Å².